The van der Waals surface area contributed by atoms with Gasteiger partial charge in [-0.25, -0.2) is 4.98 Å². The smallest absolute Gasteiger partial charge is 0.230 e. The highest BCUT2D eigenvalue weighted by atomic mass is 32.1. The van der Waals surface area contributed by atoms with Crippen LogP contribution in [0.3, 0.4) is 0 Å². The van der Waals surface area contributed by atoms with E-state index in [4.69, 9.17) is 4.74 Å². The topological polar surface area (TPSA) is 48.9 Å². The molecular formula is C19H30N4O2S. The minimum Gasteiger partial charge on any atom is -0.379 e. The number of hydrogen-bond donors (Lipinski definition) is 0. The average molecular weight is 379 g/mol. The standard InChI is InChI=1S/C19H30N4O2S/c1-15-17(26-16(2)20-15)13-22-5-3-19(14-22)4-6-23(18(19)24)8-7-21-9-11-25-12-10-21/h3-14H2,1-2H3. The number of ether oxygens (including phenoxy) is 1. The number of aromatic nitrogens is 1. The summed E-state index contributed by atoms with van der Waals surface area (Å²) < 4.78 is 5.41. The summed E-state index contributed by atoms with van der Waals surface area (Å²) in [5.41, 5.74) is 1.02. The van der Waals surface area contributed by atoms with E-state index < -0.39 is 0 Å². The Bertz CT molecular complexity index is 658. The Kier molecular flexibility index (Phi) is 5.32. The maximum absolute atomic E-state index is 13.1. The van der Waals surface area contributed by atoms with Crippen LogP contribution in [0.15, 0.2) is 0 Å². The Balaban J connectivity index is 1.31. The molecule has 0 saturated carbocycles. The van der Waals surface area contributed by atoms with E-state index in [1.807, 2.05) is 0 Å². The fraction of sp³-hybridized carbons (Fsp3) is 0.789. The van der Waals surface area contributed by atoms with Crippen molar-refractivity contribution in [1.29, 1.82) is 0 Å². The van der Waals surface area contributed by atoms with Crippen LogP contribution >= 0.6 is 11.3 Å². The molecule has 4 heterocycles. The lowest BCUT2D eigenvalue weighted by molar-refractivity contribution is -0.135. The number of amides is 1. The monoisotopic (exact) mass is 378 g/mol. The Morgan fingerprint density at radius 1 is 1.08 bits per heavy atom. The van der Waals surface area contributed by atoms with Gasteiger partial charge in [0, 0.05) is 50.7 Å². The van der Waals surface area contributed by atoms with Gasteiger partial charge in [-0.3, -0.25) is 14.6 Å². The summed E-state index contributed by atoms with van der Waals surface area (Å²) in [6.07, 6.45) is 2.03. The molecule has 7 heteroatoms. The van der Waals surface area contributed by atoms with Gasteiger partial charge in [0.1, 0.15) is 0 Å². The van der Waals surface area contributed by atoms with Crippen molar-refractivity contribution < 1.29 is 9.53 Å². The molecule has 0 bridgehead atoms. The lowest BCUT2D eigenvalue weighted by atomic mass is 9.85. The van der Waals surface area contributed by atoms with E-state index in [0.717, 1.165) is 89.1 Å². The van der Waals surface area contributed by atoms with Gasteiger partial charge in [-0.15, -0.1) is 11.3 Å². The number of morpholine rings is 1. The zero-order chi connectivity index (χ0) is 18.1. The number of carbonyl (C=O) groups excluding carboxylic acids is 1. The predicted molar refractivity (Wildman–Crippen MR) is 102 cm³/mol. The quantitative estimate of drug-likeness (QED) is 0.777. The first-order valence-corrected chi connectivity index (χ1v) is 10.6. The molecule has 3 fully saturated rings. The van der Waals surface area contributed by atoms with Gasteiger partial charge in [0.15, 0.2) is 0 Å². The van der Waals surface area contributed by atoms with Crippen molar-refractivity contribution in [3.63, 3.8) is 0 Å². The first kappa shape index (κ1) is 18.3. The van der Waals surface area contributed by atoms with Gasteiger partial charge < -0.3 is 9.64 Å². The van der Waals surface area contributed by atoms with Gasteiger partial charge in [0.2, 0.25) is 5.91 Å². The van der Waals surface area contributed by atoms with Gasteiger partial charge >= 0.3 is 0 Å². The van der Waals surface area contributed by atoms with Crippen LogP contribution < -0.4 is 0 Å². The third-order valence-electron chi connectivity index (χ3n) is 6.19. The maximum atomic E-state index is 13.1. The molecule has 1 spiro atoms. The molecule has 3 aliphatic rings. The number of carbonyl (C=O) groups is 1. The van der Waals surface area contributed by atoms with Gasteiger partial charge in [-0.05, 0) is 33.2 Å². The molecule has 1 atom stereocenters. The molecule has 0 aliphatic carbocycles. The molecule has 6 nitrogen and oxygen atoms in total. The minimum atomic E-state index is -0.126. The third-order valence-corrected chi connectivity index (χ3v) is 7.25. The second-order valence-electron chi connectivity index (χ2n) is 7.98. The van der Waals surface area contributed by atoms with E-state index in [2.05, 4.69) is 33.5 Å². The van der Waals surface area contributed by atoms with E-state index in [-0.39, 0.29) is 5.41 Å². The fourth-order valence-electron chi connectivity index (χ4n) is 4.59. The highest BCUT2D eigenvalue weighted by Crippen LogP contribution is 2.41. The SMILES string of the molecule is Cc1nc(C)c(CN2CCC3(CCN(CCN4CCOCC4)C3=O)C2)s1. The second kappa shape index (κ2) is 7.54. The molecule has 1 aromatic heterocycles. The lowest BCUT2D eigenvalue weighted by Gasteiger charge is -2.29. The summed E-state index contributed by atoms with van der Waals surface area (Å²) in [7, 11) is 0. The molecule has 1 aromatic rings. The number of hydrogen-bond acceptors (Lipinski definition) is 6. The summed E-state index contributed by atoms with van der Waals surface area (Å²) in [4.78, 5) is 26.0. The number of likely N-dealkylation sites (tertiary alicyclic amines) is 2. The number of rotatable bonds is 5. The Morgan fingerprint density at radius 3 is 2.58 bits per heavy atom. The molecule has 0 N–H and O–H groups in total. The van der Waals surface area contributed by atoms with Gasteiger partial charge in [-0.1, -0.05) is 0 Å². The highest BCUT2D eigenvalue weighted by Gasteiger charge is 2.50. The summed E-state index contributed by atoms with van der Waals surface area (Å²) in [6, 6.07) is 0. The first-order chi connectivity index (χ1) is 12.6. The van der Waals surface area contributed by atoms with Crippen LogP contribution in [0.25, 0.3) is 0 Å². The molecule has 1 amide bonds. The Morgan fingerprint density at radius 2 is 1.85 bits per heavy atom. The van der Waals surface area contributed by atoms with Crippen molar-refractivity contribution >= 4 is 17.2 Å². The third kappa shape index (κ3) is 3.67. The van der Waals surface area contributed by atoms with E-state index in [1.165, 1.54) is 4.88 Å². The molecular weight excluding hydrogens is 348 g/mol. The van der Waals surface area contributed by atoms with E-state index in [1.54, 1.807) is 11.3 Å². The van der Waals surface area contributed by atoms with E-state index >= 15 is 0 Å². The van der Waals surface area contributed by atoms with Crippen molar-refractivity contribution in [3.05, 3.63) is 15.6 Å². The maximum Gasteiger partial charge on any atom is 0.230 e. The van der Waals surface area contributed by atoms with Crippen LogP contribution in [0, 0.1) is 19.3 Å². The van der Waals surface area contributed by atoms with Crippen LogP contribution in [0.2, 0.25) is 0 Å². The summed E-state index contributed by atoms with van der Waals surface area (Å²) >= 11 is 1.79. The largest absolute Gasteiger partial charge is 0.379 e. The predicted octanol–water partition coefficient (Wildman–Crippen LogP) is 1.52. The number of thiazole rings is 1. The van der Waals surface area contributed by atoms with Crippen molar-refractivity contribution in [1.82, 2.24) is 19.7 Å². The second-order valence-corrected chi connectivity index (χ2v) is 9.27. The van der Waals surface area contributed by atoms with Crippen LogP contribution in [-0.4, -0.2) is 84.6 Å². The summed E-state index contributed by atoms with van der Waals surface area (Å²) in [5, 5.41) is 1.14. The van der Waals surface area contributed by atoms with Crippen molar-refractivity contribution in [2.75, 3.05) is 59.0 Å². The van der Waals surface area contributed by atoms with Crippen molar-refractivity contribution in [2.45, 2.75) is 33.2 Å². The zero-order valence-corrected chi connectivity index (χ0v) is 16.8. The van der Waals surface area contributed by atoms with E-state index in [9.17, 15) is 4.79 Å². The molecule has 4 rings (SSSR count). The number of nitrogens with zero attached hydrogens (tertiary/aromatic N) is 4. The van der Waals surface area contributed by atoms with Crippen LogP contribution in [-0.2, 0) is 16.1 Å². The molecule has 1 unspecified atom stereocenters. The molecule has 144 valence electrons. The van der Waals surface area contributed by atoms with Crippen LogP contribution in [0.1, 0.15) is 28.4 Å². The van der Waals surface area contributed by atoms with E-state index in [0.29, 0.717) is 5.91 Å². The normalized spacial score (nSPS) is 27.9. The Hall–Kier alpha value is -1.02. The van der Waals surface area contributed by atoms with Gasteiger partial charge in [0.05, 0.1) is 29.3 Å². The van der Waals surface area contributed by atoms with Crippen molar-refractivity contribution in [2.24, 2.45) is 5.41 Å². The molecule has 3 aliphatic heterocycles. The molecule has 0 radical (unpaired) electrons. The van der Waals surface area contributed by atoms with Gasteiger partial charge in [-0.2, -0.15) is 0 Å². The van der Waals surface area contributed by atoms with Crippen molar-refractivity contribution in [3.8, 4) is 0 Å². The number of aryl methyl sites for hydroxylation is 2. The fourth-order valence-corrected chi connectivity index (χ4v) is 5.57. The first-order valence-electron chi connectivity index (χ1n) is 9.80. The van der Waals surface area contributed by atoms with Crippen LogP contribution in [0.5, 0.6) is 0 Å². The average Bonchev–Trinajstić information content (AvgIpc) is 3.28. The molecule has 26 heavy (non-hydrogen) atoms. The minimum absolute atomic E-state index is 0.126. The van der Waals surface area contributed by atoms with Crippen LogP contribution in [0.4, 0.5) is 0 Å². The highest BCUT2D eigenvalue weighted by molar-refractivity contribution is 7.11. The zero-order valence-electron chi connectivity index (χ0n) is 16.0. The molecule has 0 aromatic carbocycles. The molecule has 3 saturated heterocycles. The lowest BCUT2D eigenvalue weighted by Crippen LogP contribution is -2.43. The Labute approximate surface area is 160 Å². The summed E-state index contributed by atoms with van der Waals surface area (Å²) in [6.45, 7) is 13.5. The summed E-state index contributed by atoms with van der Waals surface area (Å²) in [5.74, 6) is 0.394. The van der Waals surface area contributed by atoms with Gasteiger partial charge in [0.25, 0.3) is 0 Å².